The van der Waals surface area contributed by atoms with Gasteiger partial charge in [0.25, 0.3) is 5.91 Å². The molecule has 0 aliphatic carbocycles. The minimum absolute atomic E-state index is 0.0178. The van der Waals surface area contributed by atoms with Crippen LogP contribution in [0.5, 0.6) is 0 Å². The largest absolute Gasteiger partial charge is 0.372 e. The Morgan fingerprint density at radius 2 is 1.78 bits per heavy atom. The van der Waals surface area contributed by atoms with Crippen molar-refractivity contribution in [1.29, 1.82) is 0 Å². The molecule has 6 heteroatoms. The van der Waals surface area contributed by atoms with Crippen molar-refractivity contribution in [3.05, 3.63) is 17.5 Å². The van der Waals surface area contributed by atoms with Crippen molar-refractivity contribution in [2.24, 2.45) is 0 Å². The van der Waals surface area contributed by atoms with Gasteiger partial charge in [-0.05, 0) is 46.1 Å². The third-order valence-corrected chi connectivity index (χ3v) is 4.41. The summed E-state index contributed by atoms with van der Waals surface area (Å²) < 4.78 is 5.71. The second-order valence-electron chi connectivity index (χ2n) is 6.71. The highest BCUT2D eigenvalue weighted by atomic mass is 16.5. The standard InChI is InChI=1S/C17H26N4O2/c1-12-9-15(16(22)21-10-13(2)23-14(3)11-21)19-17(18-12)20-7-5-4-6-8-20/h9,13-14H,4-8,10-11H2,1-3H3/t13-,14-/m0/s1. The van der Waals surface area contributed by atoms with E-state index in [0.29, 0.717) is 24.7 Å². The van der Waals surface area contributed by atoms with Gasteiger partial charge in [-0.25, -0.2) is 9.97 Å². The number of piperidine rings is 1. The topological polar surface area (TPSA) is 58.6 Å². The fourth-order valence-electron chi connectivity index (χ4n) is 3.40. The average molecular weight is 318 g/mol. The van der Waals surface area contributed by atoms with Crippen molar-refractivity contribution in [2.75, 3.05) is 31.1 Å². The second kappa shape index (κ2) is 6.83. The third-order valence-electron chi connectivity index (χ3n) is 4.41. The summed E-state index contributed by atoms with van der Waals surface area (Å²) in [6.07, 6.45) is 3.72. The Hall–Kier alpha value is -1.69. The lowest BCUT2D eigenvalue weighted by Crippen LogP contribution is -2.48. The normalized spacial score (nSPS) is 25.5. The molecule has 0 saturated carbocycles. The predicted molar refractivity (Wildman–Crippen MR) is 88.7 cm³/mol. The lowest BCUT2D eigenvalue weighted by Gasteiger charge is -2.35. The van der Waals surface area contributed by atoms with Crippen LogP contribution >= 0.6 is 0 Å². The maximum atomic E-state index is 12.8. The SMILES string of the molecule is Cc1cc(C(=O)N2C[C@H](C)O[C@@H](C)C2)nc(N2CCCCC2)n1. The minimum atomic E-state index is -0.0178. The summed E-state index contributed by atoms with van der Waals surface area (Å²) in [5.74, 6) is 0.679. The number of carbonyl (C=O) groups excluding carboxylic acids is 1. The molecule has 2 aliphatic heterocycles. The first-order chi connectivity index (χ1) is 11.0. The number of hydrogen-bond donors (Lipinski definition) is 0. The van der Waals surface area contributed by atoms with E-state index in [1.54, 1.807) is 6.07 Å². The van der Waals surface area contributed by atoms with Gasteiger partial charge in [0.15, 0.2) is 0 Å². The first-order valence-electron chi connectivity index (χ1n) is 8.58. The molecule has 0 spiro atoms. The molecule has 2 aliphatic rings. The first kappa shape index (κ1) is 16.2. The molecule has 0 unspecified atom stereocenters. The molecule has 1 aromatic rings. The monoisotopic (exact) mass is 318 g/mol. The first-order valence-corrected chi connectivity index (χ1v) is 8.58. The van der Waals surface area contributed by atoms with Crippen LogP contribution in [-0.4, -0.2) is 59.2 Å². The zero-order chi connectivity index (χ0) is 16.4. The Morgan fingerprint density at radius 3 is 2.43 bits per heavy atom. The fourth-order valence-corrected chi connectivity index (χ4v) is 3.40. The molecular formula is C17H26N4O2. The summed E-state index contributed by atoms with van der Waals surface area (Å²) >= 11 is 0. The van der Waals surface area contributed by atoms with Crippen LogP contribution < -0.4 is 4.90 Å². The molecule has 0 radical (unpaired) electrons. The lowest BCUT2D eigenvalue weighted by atomic mass is 10.1. The van der Waals surface area contributed by atoms with Gasteiger partial charge in [-0.3, -0.25) is 4.79 Å². The zero-order valence-electron chi connectivity index (χ0n) is 14.3. The van der Waals surface area contributed by atoms with Gasteiger partial charge in [0.05, 0.1) is 12.2 Å². The zero-order valence-corrected chi connectivity index (χ0v) is 14.3. The Morgan fingerprint density at radius 1 is 1.13 bits per heavy atom. The Kier molecular flexibility index (Phi) is 4.80. The van der Waals surface area contributed by atoms with Crippen LogP contribution in [0.3, 0.4) is 0 Å². The summed E-state index contributed by atoms with van der Waals surface area (Å²) in [7, 11) is 0. The van der Waals surface area contributed by atoms with Crippen molar-refractivity contribution in [3.63, 3.8) is 0 Å². The van der Waals surface area contributed by atoms with Crippen molar-refractivity contribution in [1.82, 2.24) is 14.9 Å². The summed E-state index contributed by atoms with van der Waals surface area (Å²) in [6.45, 7) is 9.11. The molecule has 2 fully saturated rings. The molecule has 23 heavy (non-hydrogen) atoms. The third kappa shape index (κ3) is 3.80. The van der Waals surface area contributed by atoms with E-state index in [1.807, 2.05) is 25.7 Å². The van der Waals surface area contributed by atoms with E-state index in [1.165, 1.54) is 19.3 Å². The van der Waals surface area contributed by atoms with Crippen molar-refractivity contribution in [3.8, 4) is 0 Å². The lowest BCUT2D eigenvalue weighted by molar-refractivity contribution is -0.0587. The maximum Gasteiger partial charge on any atom is 0.272 e. The summed E-state index contributed by atoms with van der Waals surface area (Å²) in [6, 6.07) is 1.79. The molecule has 126 valence electrons. The van der Waals surface area contributed by atoms with Crippen molar-refractivity contribution in [2.45, 2.75) is 52.2 Å². The molecule has 0 bridgehead atoms. The number of anilines is 1. The van der Waals surface area contributed by atoms with E-state index in [2.05, 4.69) is 14.9 Å². The van der Waals surface area contributed by atoms with Gasteiger partial charge in [0, 0.05) is 31.9 Å². The molecular weight excluding hydrogens is 292 g/mol. The molecule has 3 heterocycles. The van der Waals surface area contributed by atoms with Gasteiger partial charge in [-0.15, -0.1) is 0 Å². The Balaban J connectivity index is 1.81. The molecule has 6 nitrogen and oxygen atoms in total. The highest BCUT2D eigenvalue weighted by molar-refractivity contribution is 5.92. The van der Waals surface area contributed by atoms with Crippen LogP contribution in [0.25, 0.3) is 0 Å². The average Bonchev–Trinajstić information content (AvgIpc) is 2.53. The van der Waals surface area contributed by atoms with Crippen LogP contribution in [0.2, 0.25) is 0 Å². The van der Waals surface area contributed by atoms with Crippen LogP contribution in [-0.2, 0) is 4.74 Å². The van der Waals surface area contributed by atoms with E-state index >= 15 is 0 Å². The number of amides is 1. The summed E-state index contributed by atoms with van der Waals surface area (Å²) in [5.41, 5.74) is 1.35. The quantitative estimate of drug-likeness (QED) is 0.835. The number of rotatable bonds is 2. The minimum Gasteiger partial charge on any atom is -0.372 e. The van der Waals surface area contributed by atoms with Gasteiger partial charge in [-0.1, -0.05) is 0 Å². The number of hydrogen-bond acceptors (Lipinski definition) is 5. The van der Waals surface area contributed by atoms with Gasteiger partial charge in [0.1, 0.15) is 5.69 Å². The highest BCUT2D eigenvalue weighted by Crippen LogP contribution is 2.19. The molecule has 2 atom stereocenters. The van der Waals surface area contributed by atoms with Gasteiger partial charge in [0.2, 0.25) is 5.95 Å². The Bertz CT molecular complexity index is 562. The number of carbonyl (C=O) groups is 1. The maximum absolute atomic E-state index is 12.8. The summed E-state index contributed by atoms with van der Waals surface area (Å²) in [4.78, 5) is 26.0. The van der Waals surface area contributed by atoms with E-state index < -0.39 is 0 Å². The molecule has 0 N–H and O–H groups in total. The smallest absolute Gasteiger partial charge is 0.272 e. The molecule has 1 amide bonds. The highest BCUT2D eigenvalue weighted by Gasteiger charge is 2.28. The van der Waals surface area contributed by atoms with Crippen molar-refractivity contribution < 1.29 is 9.53 Å². The van der Waals surface area contributed by atoms with Gasteiger partial charge in [-0.2, -0.15) is 0 Å². The second-order valence-corrected chi connectivity index (χ2v) is 6.71. The molecule has 1 aromatic heterocycles. The van der Waals surface area contributed by atoms with Crippen LogP contribution in [0.15, 0.2) is 6.07 Å². The molecule has 2 saturated heterocycles. The van der Waals surface area contributed by atoms with Crippen LogP contribution in [0.4, 0.5) is 5.95 Å². The number of aromatic nitrogens is 2. The van der Waals surface area contributed by atoms with Crippen LogP contribution in [0, 0.1) is 6.92 Å². The molecule has 3 rings (SSSR count). The van der Waals surface area contributed by atoms with Gasteiger partial charge < -0.3 is 14.5 Å². The van der Waals surface area contributed by atoms with E-state index in [4.69, 9.17) is 4.74 Å². The van der Waals surface area contributed by atoms with Crippen molar-refractivity contribution >= 4 is 11.9 Å². The van der Waals surface area contributed by atoms with E-state index in [9.17, 15) is 4.79 Å². The van der Waals surface area contributed by atoms with Gasteiger partial charge >= 0.3 is 0 Å². The number of aryl methyl sites for hydroxylation is 1. The fraction of sp³-hybridized carbons (Fsp3) is 0.706. The number of ether oxygens (including phenoxy) is 1. The van der Waals surface area contributed by atoms with Crippen LogP contribution in [0.1, 0.15) is 49.3 Å². The van der Waals surface area contributed by atoms with E-state index in [-0.39, 0.29) is 18.1 Å². The number of nitrogens with zero attached hydrogens (tertiary/aromatic N) is 4. The Labute approximate surface area is 137 Å². The number of morpholine rings is 1. The molecule has 0 aromatic carbocycles. The van der Waals surface area contributed by atoms with E-state index in [0.717, 1.165) is 18.8 Å². The summed E-state index contributed by atoms with van der Waals surface area (Å²) in [5, 5.41) is 0. The predicted octanol–water partition coefficient (Wildman–Crippen LogP) is 2.02.